The van der Waals surface area contributed by atoms with Crippen molar-refractivity contribution >= 4 is 11.6 Å². The maximum atomic E-state index is 11.7. The lowest BCUT2D eigenvalue weighted by Crippen LogP contribution is -2.09. The molecule has 2 aromatic rings. The molecular weight excluding hydrogens is 222 g/mol. The summed E-state index contributed by atoms with van der Waals surface area (Å²) in [4.78, 5) is 11.7. The van der Waals surface area contributed by atoms with Crippen LogP contribution in [0.4, 0.5) is 5.69 Å². The average molecular weight is 235 g/mol. The summed E-state index contributed by atoms with van der Waals surface area (Å²) in [6, 6.07) is 17.1. The number of anilines is 1. The van der Waals surface area contributed by atoms with E-state index in [-0.39, 0.29) is 5.91 Å². The molecule has 0 aliphatic rings. The van der Waals surface area contributed by atoms with Crippen LogP contribution in [-0.2, 0) is 4.79 Å². The Morgan fingerprint density at radius 3 is 2.39 bits per heavy atom. The molecule has 0 saturated carbocycles. The van der Waals surface area contributed by atoms with E-state index >= 15 is 0 Å². The quantitative estimate of drug-likeness (QED) is 0.756. The number of carbonyl (C=O) groups excluding carboxylic acids is 1. The first kappa shape index (κ1) is 11.9. The Bertz CT molecular complexity index is 606. The number of amides is 1. The molecular formula is C16H13NO. The summed E-state index contributed by atoms with van der Waals surface area (Å²) in [5.74, 6) is 5.10. The lowest BCUT2D eigenvalue weighted by atomic mass is 10.2. The molecule has 0 unspecified atom stereocenters. The van der Waals surface area contributed by atoms with Crippen LogP contribution in [0.2, 0.25) is 0 Å². The minimum atomic E-state index is -0.298. The Kier molecular flexibility index (Phi) is 3.78. The third-order valence-electron chi connectivity index (χ3n) is 2.49. The van der Waals surface area contributed by atoms with E-state index in [2.05, 4.69) is 17.2 Å². The molecule has 0 radical (unpaired) electrons. The van der Waals surface area contributed by atoms with E-state index in [4.69, 9.17) is 0 Å². The molecule has 2 nitrogen and oxygen atoms in total. The first-order valence-electron chi connectivity index (χ1n) is 5.69. The van der Waals surface area contributed by atoms with Gasteiger partial charge < -0.3 is 5.32 Å². The van der Waals surface area contributed by atoms with Crippen molar-refractivity contribution in [3.8, 4) is 11.8 Å². The number of benzene rings is 2. The highest BCUT2D eigenvalue weighted by molar-refractivity contribution is 6.04. The van der Waals surface area contributed by atoms with Crippen LogP contribution in [0, 0.1) is 18.8 Å². The predicted molar refractivity (Wildman–Crippen MR) is 73.1 cm³/mol. The molecule has 0 aliphatic carbocycles. The van der Waals surface area contributed by atoms with Crippen molar-refractivity contribution in [3.05, 3.63) is 65.7 Å². The summed E-state index contributed by atoms with van der Waals surface area (Å²) in [7, 11) is 0. The Morgan fingerprint density at radius 2 is 1.67 bits per heavy atom. The predicted octanol–water partition coefficient (Wildman–Crippen LogP) is 2.99. The first-order valence-corrected chi connectivity index (χ1v) is 5.69. The third-order valence-corrected chi connectivity index (χ3v) is 2.49. The molecule has 2 rings (SSSR count). The number of nitrogens with one attached hydrogen (secondary N) is 1. The molecule has 18 heavy (non-hydrogen) atoms. The molecule has 0 atom stereocenters. The van der Waals surface area contributed by atoms with Gasteiger partial charge >= 0.3 is 5.91 Å². The molecule has 1 amide bonds. The number of carbonyl (C=O) groups is 1. The maximum absolute atomic E-state index is 11.7. The van der Waals surface area contributed by atoms with Crippen molar-refractivity contribution in [1.29, 1.82) is 0 Å². The molecule has 0 aliphatic heterocycles. The van der Waals surface area contributed by atoms with E-state index in [9.17, 15) is 4.79 Å². The van der Waals surface area contributed by atoms with Gasteiger partial charge in [-0.1, -0.05) is 42.3 Å². The van der Waals surface area contributed by atoms with E-state index in [1.54, 1.807) is 0 Å². The average Bonchev–Trinajstić information content (AvgIpc) is 2.40. The van der Waals surface area contributed by atoms with E-state index in [1.807, 2.05) is 61.5 Å². The Hall–Kier alpha value is -2.53. The summed E-state index contributed by atoms with van der Waals surface area (Å²) in [5.41, 5.74) is 2.65. The van der Waals surface area contributed by atoms with Gasteiger partial charge in [-0.2, -0.15) is 0 Å². The van der Waals surface area contributed by atoms with Crippen LogP contribution >= 0.6 is 0 Å². The second kappa shape index (κ2) is 5.70. The number of para-hydroxylation sites is 1. The molecule has 0 saturated heterocycles. The maximum Gasteiger partial charge on any atom is 0.300 e. The second-order valence-corrected chi connectivity index (χ2v) is 3.89. The zero-order valence-electron chi connectivity index (χ0n) is 10.1. The number of hydrogen-bond acceptors (Lipinski definition) is 1. The molecule has 0 bridgehead atoms. The van der Waals surface area contributed by atoms with E-state index in [0.29, 0.717) is 0 Å². The molecule has 0 heterocycles. The molecule has 0 fully saturated rings. The lowest BCUT2D eigenvalue weighted by molar-refractivity contribution is -0.111. The number of aryl methyl sites for hydroxylation is 1. The largest absolute Gasteiger partial charge is 0.315 e. The van der Waals surface area contributed by atoms with Gasteiger partial charge in [-0.05, 0) is 30.7 Å². The number of hydrogen-bond donors (Lipinski definition) is 1. The Balaban J connectivity index is 2.07. The van der Waals surface area contributed by atoms with Crippen LogP contribution < -0.4 is 5.32 Å². The van der Waals surface area contributed by atoms with Crippen LogP contribution in [0.5, 0.6) is 0 Å². The SMILES string of the molecule is Cc1ccccc1NC(=O)C#Cc1ccccc1. The van der Waals surface area contributed by atoms with Gasteiger partial charge in [0, 0.05) is 17.2 Å². The monoisotopic (exact) mass is 235 g/mol. The van der Waals surface area contributed by atoms with Gasteiger partial charge in [0.2, 0.25) is 0 Å². The Labute approximate surface area is 107 Å². The zero-order chi connectivity index (χ0) is 12.8. The lowest BCUT2D eigenvalue weighted by Gasteiger charge is -2.03. The van der Waals surface area contributed by atoms with Crippen molar-refractivity contribution in [2.45, 2.75) is 6.92 Å². The van der Waals surface area contributed by atoms with E-state index in [0.717, 1.165) is 16.8 Å². The highest BCUT2D eigenvalue weighted by Crippen LogP contribution is 2.12. The van der Waals surface area contributed by atoms with Gasteiger partial charge in [0.25, 0.3) is 0 Å². The van der Waals surface area contributed by atoms with E-state index in [1.165, 1.54) is 0 Å². The highest BCUT2D eigenvalue weighted by atomic mass is 16.1. The van der Waals surface area contributed by atoms with Crippen LogP contribution in [0.3, 0.4) is 0 Å². The second-order valence-electron chi connectivity index (χ2n) is 3.89. The van der Waals surface area contributed by atoms with Crippen molar-refractivity contribution in [2.75, 3.05) is 5.32 Å². The Morgan fingerprint density at radius 1 is 1.00 bits per heavy atom. The fourth-order valence-electron chi connectivity index (χ4n) is 1.52. The van der Waals surface area contributed by atoms with Crippen LogP contribution in [-0.4, -0.2) is 5.91 Å². The van der Waals surface area contributed by atoms with Gasteiger partial charge in [-0.25, -0.2) is 0 Å². The molecule has 88 valence electrons. The molecule has 2 heteroatoms. The zero-order valence-corrected chi connectivity index (χ0v) is 10.1. The summed E-state index contributed by atoms with van der Waals surface area (Å²) >= 11 is 0. The molecule has 0 spiro atoms. The fourth-order valence-corrected chi connectivity index (χ4v) is 1.52. The van der Waals surface area contributed by atoms with Gasteiger partial charge in [0.1, 0.15) is 0 Å². The van der Waals surface area contributed by atoms with Crippen molar-refractivity contribution in [2.24, 2.45) is 0 Å². The highest BCUT2D eigenvalue weighted by Gasteiger charge is 1.99. The minimum absolute atomic E-state index is 0.298. The van der Waals surface area contributed by atoms with Crippen molar-refractivity contribution < 1.29 is 4.79 Å². The van der Waals surface area contributed by atoms with Gasteiger partial charge in [-0.15, -0.1) is 0 Å². The van der Waals surface area contributed by atoms with Crippen molar-refractivity contribution in [3.63, 3.8) is 0 Å². The first-order chi connectivity index (χ1) is 8.75. The van der Waals surface area contributed by atoms with Crippen molar-refractivity contribution in [1.82, 2.24) is 0 Å². The summed E-state index contributed by atoms with van der Waals surface area (Å²) in [5, 5.41) is 2.77. The van der Waals surface area contributed by atoms with Gasteiger partial charge in [0.05, 0.1) is 0 Å². The van der Waals surface area contributed by atoms with E-state index < -0.39 is 0 Å². The third kappa shape index (κ3) is 3.23. The summed E-state index contributed by atoms with van der Waals surface area (Å²) in [6.45, 7) is 1.94. The van der Waals surface area contributed by atoms with Crippen LogP contribution in [0.25, 0.3) is 0 Å². The fraction of sp³-hybridized carbons (Fsp3) is 0.0625. The van der Waals surface area contributed by atoms with Crippen LogP contribution in [0.15, 0.2) is 54.6 Å². The summed E-state index contributed by atoms with van der Waals surface area (Å²) < 4.78 is 0. The minimum Gasteiger partial charge on any atom is -0.315 e. The summed E-state index contributed by atoms with van der Waals surface area (Å²) in [6.07, 6.45) is 0. The van der Waals surface area contributed by atoms with Crippen LogP contribution in [0.1, 0.15) is 11.1 Å². The molecule has 1 N–H and O–H groups in total. The van der Waals surface area contributed by atoms with Gasteiger partial charge in [0.15, 0.2) is 0 Å². The van der Waals surface area contributed by atoms with Gasteiger partial charge in [-0.3, -0.25) is 4.79 Å². The molecule has 2 aromatic carbocycles. The smallest absolute Gasteiger partial charge is 0.300 e. The topological polar surface area (TPSA) is 29.1 Å². The molecule has 0 aromatic heterocycles. The normalized spacial score (nSPS) is 9.17. The standard InChI is InChI=1S/C16H13NO/c1-13-7-5-6-10-15(13)17-16(18)12-11-14-8-3-2-4-9-14/h2-10H,1H3,(H,17,18). The number of rotatable bonds is 1.